The molecule has 2 aliphatic heterocycles. The van der Waals surface area contributed by atoms with Crippen molar-refractivity contribution in [2.45, 2.75) is 57.4 Å². The number of carbonyl (C=O) groups is 2. The number of aromatic nitrogens is 2. The van der Waals surface area contributed by atoms with Crippen LogP contribution in [0.4, 0.5) is 0 Å². The van der Waals surface area contributed by atoms with E-state index in [1.54, 1.807) is 6.20 Å². The number of hydrogen-bond donors (Lipinski definition) is 1. The monoisotopic (exact) mass is 553 g/mol. The number of nitrogens with zero attached hydrogens (tertiary/aromatic N) is 5. The van der Waals surface area contributed by atoms with Gasteiger partial charge < -0.3 is 24.4 Å². The fourth-order valence-electron chi connectivity index (χ4n) is 5.81. The molecule has 1 unspecified atom stereocenters. The van der Waals surface area contributed by atoms with Crippen LogP contribution in [0.2, 0.25) is 0 Å². The van der Waals surface area contributed by atoms with Gasteiger partial charge in [-0.2, -0.15) is 0 Å². The van der Waals surface area contributed by atoms with Crippen LogP contribution in [0.3, 0.4) is 0 Å². The van der Waals surface area contributed by atoms with Crippen molar-refractivity contribution in [3.05, 3.63) is 48.0 Å². The number of carboxylic acid groups (broad SMARTS) is 1. The molecule has 1 aromatic carbocycles. The number of ether oxygens (including phenoxy) is 2. The normalized spacial score (nSPS) is 20.2. The van der Waals surface area contributed by atoms with Crippen molar-refractivity contribution in [1.29, 1.82) is 0 Å². The fourth-order valence-corrected chi connectivity index (χ4v) is 5.81. The number of aryl methyl sites for hydroxylation is 1. The molecule has 40 heavy (non-hydrogen) atoms. The molecule has 3 atom stereocenters. The lowest BCUT2D eigenvalue weighted by Crippen LogP contribution is -2.45. The zero-order chi connectivity index (χ0) is 28.5. The summed E-state index contributed by atoms with van der Waals surface area (Å²) in [7, 11) is 4.12. The molecular formula is C30H43N5O5. The van der Waals surface area contributed by atoms with E-state index in [1.807, 2.05) is 29.2 Å². The summed E-state index contributed by atoms with van der Waals surface area (Å²) in [4.78, 5) is 41.0. The minimum atomic E-state index is -0.850. The van der Waals surface area contributed by atoms with Crippen LogP contribution < -0.4 is 9.47 Å². The number of carbonyl (C=O) groups excluding carboxylic acids is 1. The van der Waals surface area contributed by atoms with E-state index in [0.717, 1.165) is 56.6 Å². The van der Waals surface area contributed by atoms with Crippen LogP contribution in [0, 0.1) is 5.92 Å². The molecule has 1 N–H and O–H groups in total. The molecule has 1 aromatic heterocycles. The summed E-state index contributed by atoms with van der Waals surface area (Å²) in [5.74, 6) is -0.421. The van der Waals surface area contributed by atoms with Crippen LogP contribution in [0.1, 0.15) is 56.2 Å². The molecule has 2 aliphatic rings. The van der Waals surface area contributed by atoms with Gasteiger partial charge in [-0.15, -0.1) is 0 Å². The molecule has 4 rings (SSSR count). The molecule has 10 nitrogen and oxygen atoms in total. The zero-order valence-corrected chi connectivity index (χ0v) is 24.0. The topological polar surface area (TPSA) is 108 Å². The number of likely N-dealkylation sites (tertiary alicyclic amines) is 1. The van der Waals surface area contributed by atoms with Gasteiger partial charge in [0, 0.05) is 43.5 Å². The van der Waals surface area contributed by atoms with Crippen molar-refractivity contribution >= 4 is 11.9 Å². The quantitative estimate of drug-likeness (QED) is 0.333. The number of hydrogen-bond acceptors (Lipinski definition) is 8. The van der Waals surface area contributed by atoms with Crippen LogP contribution in [0.15, 0.2) is 36.8 Å². The summed E-state index contributed by atoms with van der Waals surface area (Å²) in [5, 5.41) is 10.5. The average Bonchev–Trinajstić information content (AvgIpc) is 3.56. The molecule has 10 heteroatoms. The molecule has 1 fully saturated rings. The number of unbranched alkanes of at least 4 members (excludes halogenated alkanes) is 2. The Bertz CT molecular complexity index is 1110. The fraction of sp³-hybridized carbons (Fsp3) is 0.600. The molecular weight excluding hydrogens is 510 g/mol. The Hall–Kier alpha value is -3.24. The van der Waals surface area contributed by atoms with Crippen molar-refractivity contribution in [2.75, 3.05) is 53.6 Å². The van der Waals surface area contributed by atoms with Gasteiger partial charge in [0.25, 0.3) is 0 Å². The Morgan fingerprint density at radius 1 is 1.07 bits per heavy atom. The number of benzene rings is 1. The van der Waals surface area contributed by atoms with Crippen LogP contribution in [-0.2, 0) is 16.0 Å². The Kier molecular flexibility index (Phi) is 10.7. The molecule has 2 aromatic rings. The van der Waals surface area contributed by atoms with E-state index in [2.05, 4.69) is 40.8 Å². The summed E-state index contributed by atoms with van der Waals surface area (Å²) in [6.45, 7) is 5.42. The molecule has 1 saturated heterocycles. The SMILES string of the molecule is CCCCN(CCCCN(C)C)C(=O)CN1C[C@H](c2ccc3c(c2)OCO3)C(C(=O)O)[C@@H]1CCc1ccncn1. The molecule has 0 saturated carbocycles. The molecule has 0 bridgehead atoms. The maximum atomic E-state index is 13.7. The number of carboxylic acids is 1. The maximum Gasteiger partial charge on any atom is 0.308 e. The molecule has 0 spiro atoms. The Morgan fingerprint density at radius 2 is 1.85 bits per heavy atom. The van der Waals surface area contributed by atoms with E-state index < -0.39 is 11.9 Å². The summed E-state index contributed by atoms with van der Waals surface area (Å²) in [6, 6.07) is 7.22. The second-order valence-electron chi connectivity index (χ2n) is 11.1. The van der Waals surface area contributed by atoms with Gasteiger partial charge in [0.15, 0.2) is 11.5 Å². The number of rotatable bonds is 15. The van der Waals surface area contributed by atoms with E-state index in [9.17, 15) is 14.7 Å². The summed E-state index contributed by atoms with van der Waals surface area (Å²) >= 11 is 0. The Morgan fingerprint density at radius 3 is 2.58 bits per heavy atom. The lowest BCUT2D eigenvalue weighted by atomic mass is 9.83. The third-order valence-electron chi connectivity index (χ3n) is 7.95. The summed E-state index contributed by atoms with van der Waals surface area (Å²) in [5.41, 5.74) is 1.76. The van der Waals surface area contributed by atoms with Crippen LogP contribution >= 0.6 is 0 Å². The van der Waals surface area contributed by atoms with Gasteiger partial charge in [-0.3, -0.25) is 14.5 Å². The highest BCUT2D eigenvalue weighted by Gasteiger charge is 2.47. The van der Waals surface area contributed by atoms with Crippen molar-refractivity contribution < 1.29 is 24.2 Å². The van der Waals surface area contributed by atoms with Crippen LogP contribution in [0.25, 0.3) is 0 Å². The van der Waals surface area contributed by atoms with Crippen LogP contribution in [-0.4, -0.2) is 101 Å². The van der Waals surface area contributed by atoms with Gasteiger partial charge >= 0.3 is 5.97 Å². The van der Waals surface area contributed by atoms with E-state index in [4.69, 9.17) is 9.47 Å². The number of amides is 1. The summed E-state index contributed by atoms with van der Waals surface area (Å²) < 4.78 is 11.1. The van der Waals surface area contributed by atoms with Gasteiger partial charge in [0.1, 0.15) is 6.33 Å². The lowest BCUT2D eigenvalue weighted by molar-refractivity contribution is -0.143. The van der Waals surface area contributed by atoms with Crippen molar-refractivity contribution in [1.82, 2.24) is 24.7 Å². The number of fused-ring (bicyclic) bond motifs is 1. The third kappa shape index (κ3) is 7.69. The first-order valence-corrected chi connectivity index (χ1v) is 14.4. The van der Waals surface area contributed by atoms with Crippen molar-refractivity contribution in [3.63, 3.8) is 0 Å². The van der Waals surface area contributed by atoms with Crippen molar-refractivity contribution in [3.8, 4) is 11.5 Å². The second-order valence-corrected chi connectivity index (χ2v) is 11.1. The summed E-state index contributed by atoms with van der Waals surface area (Å²) in [6.07, 6.45) is 8.35. The molecule has 0 aliphatic carbocycles. The molecule has 218 valence electrons. The minimum Gasteiger partial charge on any atom is -0.481 e. The average molecular weight is 554 g/mol. The van der Waals surface area contributed by atoms with E-state index in [-0.39, 0.29) is 31.2 Å². The highest BCUT2D eigenvalue weighted by molar-refractivity contribution is 5.79. The molecule has 0 radical (unpaired) electrons. The van der Waals surface area contributed by atoms with Crippen molar-refractivity contribution in [2.24, 2.45) is 5.92 Å². The zero-order valence-electron chi connectivity index (χ0n) is 24.0. The van der Waals surface area contributed by atoms with E-state index >= 15 is 0 Å². The van der Waals surface area contributed by atoms with Gasteiger partial charge in [0.2, 0.25) is 12.7 Å². The van der Waals surface area contributed by atoms with Gasteiger partial charge in [-0.05, 0) is 76.5 Å². The second kappa shape index (κ2) is 14.4. The highest BCUT2D eigenvalue weighted by atomic mass is 16.7. The standard InChI is InChI=1S/C30H43N5O5/c1-4-5-15-34(16-7-6-14-33(2)3)28(36)19-35-18-24(22-8-11-26-27(17-22)40-21-39-26)29(30(37)38)25(35)10-9-23-12-13-31-20-32-23/h8,11-13,17,20,24-25,29H,4-7,9-10,14-16,18-19,21H2,1-3H3,(H,37,38)/t24-,25+,29?/m1/s1. The first-order chi connectivity index (χ1) is 19.4. The minimum absolute atomic E-state index is 0.0702. The van der Waals surface area contributed by atoms with Gasteiger partial charge in [-0.1, -0.05) is 19.4 Å². The Labute approximate surface area is 237 Å². The first kappa shape index (κ1) is 29.7. The third-order valence-corrected chi connectivity index (χ3v) is 7.95. The first-order valence-electron chi connectivity index (χ1n) is 14.4. The molecule has 3 heterocycles. The predicted octanol–water partition coefficient (Wildman–Crippen LogP) is 3.28. The lowest BCUT2D eigenvalue weighted by Gasteiger charge is -2.30. The van der Waals surface area contributed by atoms with E-state index in [0.29, 0.717) is 30.9 Å². The maximum absolute atomic E-state index is 13.7. The smallest absolute Gasteiger partial charge is 0.308 e. The Balaban J connectivity index is 1.54. The van der Waals surface area contributed by atoms with Gasteiger partial charge in [0.05, 0.1) is 12.5 Å². The van der Waals surface area contributed by atoms with E-state index in [1.165, 1.54) is 6.33 Å². The van der Waals surface area contributed by atoms with Crippen LogP contribution in [0.5, 0.6) is 11.5 Å². The molecule has 1 amide bonds. The largest absolute Gasteiger partial charge is 0.481 e. The van der Waals surface area contributed by atoms with Gasteiger partial charge in [-0.25, -0.2) is 9.97 Å². The number of aliphatic carboxylic acids is 1. The highest BCUT2D eigenvalue weighted by Crippen LogP contribution is 2.43. The predicted molar refractivity (Wildman–Crippen MR) is 151 cm³/mol.